The van der Waals surface area contributed by atoms with Gasteiger partial charge >= 0.3 is 5.97 Å². The van der Waals surface area contributed by atoms with E-state index < -0.39 is 5.60 Å². The van der Waals surface area contributed by atoms with E-state index in [2.05, 4.69) is 5.32 Å². The summed E-state index contributed by atoms with van der Waals surface area (Å²) in [5.41, 5.74) is 2.20. The van der Waals surface area contributed by atoms with Gasteiger partial charge in [-0.25, -0.2) is 4.79 Å². The Kier molecular flexibility index (Phi) is 5.28. The summed E-state index contributed by atoms with van der Waals surface area (Å²) in [7, 11) is 3.09. The Morgan fingerprint density at radius 1 is 1.07 bits per heavy atom. The molecule has 0 radical (unpaired) electrons. The summed E-state index contributed by atoms with van der Waals surface area (Å²) in [6, 6.07) is 9.29. The van der Waals surface area contributed by atoms with Gasteiger partial charge in [-0.2, -0.15) is 0 Å². The molecule has 0 bridgehead atoms. The number of hydrogen-bond acceptors (Lipinski definition) is 6. The lowest BCUT2D eigenvalue weighted by Crippen LogP contribution is -2.32. The topological polar surface area (TPSA) is 83.1 Å². The van der Waals surface area contributed by atoms with Crippen molar-refractivity contribution >= 4 is 11.9 Å². The highest BCUT2D eigenvalue weighted by Gasteiger charge is 2.55. The molecule has 1 aliphatic heterocycles. The van der Waals surface area contributed by atoms with E-state index in [0.717, 1.165) is 23.1 Å². The molecule has 1 aliphatic carbocycles. The molecule has 1 saturated carbocycles. The number of hydrogen-bond donors (Lipinski definition) is 1. The fourth-order valence-corrected chi connectivity index (χ4v) is 3.61. The van der Waals surface area contributed by atoms with Crippen molar-refractivity contribution in [3.63, 3.8) is 0 Å². The fraction of sp³-hybridized carbons (Fsp3) is 0.391. The molecule has 158 valence electrons. The van der Waals surface area contributed by atoms with Crippen molar-refractivity contribution in [3.05, 3.63) is 41.5 Å². The number of carbonyl (C=O) groups is 2. The maximum absolute atomic E-state index is 12.6. The smallest absolute Gasteiger partial charge is 0.350 e. The van der Waals surface area contributed by atoms with E-state index in [1.165, 1.54) is 7.11 Å². The number of nitrogens with one attached hydrogen (secondary N) is 1. The largest absolute Gasteiger partial charge is 0.493 e. The lowest BCUT2D eigenvalue weighted by Gasteiger charge is -2.22. The summed E-state index contributed by atoms with van der Waals surface area (Å²) >= 11 is 0. The maximum atomic E-state index is 12.6. The third-order valence-corrected chi connectivity index (χ3v) is 5.41. The van der Waals surface area contributed by atoms with Crippen LogP contribution in [0.1, 0.15) is 42.1 Å². The van der Waals surface area contributed by atoms with Gasteiger partial charge in [0.2, 0.25) is 11.4 Å². The molecule has 2 aromatic rings. The van der Waals surface area contributed by atoms with Crippen molar-refractivity contribution in [1.82, 2.24) is 5.32 Å². The van der Waals surface area contributed by atoms with Crippen LogP contribution in [-0.4, -0.2) is 38.3 Å². The normalized spacial score (nSPS) is 15.8. The quantitative estimate of drug-likeness (QED) is 0.670. The summed E-state index contributed by atoms with van der Waals surface area (Å²) in [5, 5.41) is 2.83. The molecular weight excluding hydrogens is 386 g/mol. The maximum Gasteiger partial charge on any atom is 0.350 e. The average Bonchev–Trinajstić information content (AvgIpc) is 3.47. The molecule has 1 N–H and O–H groups in total. The van der Waals surface area contributed by atoms with Gasteiger partial charge in [0, 0.05) is 30.5 Å². The van der Waals surface area contributed by atoms with Crippen LogP contribution in [0.25, 0.3) is 11.1 Å². The Balaban J connectivity index is 1.77. The van der Waals surface area contributed by atoms with Crippen LogP contribution < -0.4 is 19.5 Å². The second kappa shape index (κ2) is 7.89. The Bertz CT molecular complexity index is 995. The molecule has 30 heavy (non-hydrogen) atoms. The van der Waals surface area contributed by atoms with Crippen LogP contribution in [0.5, 0.6) is 17.2 Å². The van der Waals surface area contributed by atoms with Crippen molar-refractivity contribution < 1.29 is 28.5 Å². The number of ether oxygens (including phenoxy) is 4. The van der Waals surface area contributed by atoms with Crippen molar-refractivity contribution in [2.45, 2.75) is 38.3 Å². The monoisotopic (exact) mass is 411 g/mol. The lowest BCUT2D eigenvalue weighted by atomic mass is 9.99. The molecule has 2 aromatic carbocycles. The molecule has 0 unspecified atom stereocenters. The first-order valence-corrected chi connectivity index (χ1v) is 10.1. The van der Waals surface area contributed by atoms with E-state index in [0.29, 0.717) is 48.8 Å². The van der Waals surface area contributed by atoms with Crippen molar-refractivity contribution in [2.24, 2.45) is 0 Å². The van der Waals surface area contributed by atoms with Crippen molar-refractivity contribution in [2.75, 3.05) is 20.8 Å². The van der Waals surface area contributed by atoms with E-state index in [-0.39, 0.29) is 11.9 Å². The molecule has 1 fully saturated rings. The van der Waals surface area contributed by atoms with Crippen molar-refractivity contribution in [3.8, 4) is 28.4 Å². The minimum Gasteiger partial charge on any atom is -0.493 e. The fourth-order valence-electron chi connectivity index (χ4n) is 3.61. The summed E-state index contributed by atoms with van der Waals surface area (Å²) in [6.45, 7) is 2.79. The van der Waals surface area contributed by atoms with Crippen LogP contribution in [0, 0.1) is 0 Å². The standard InChI is InChI=1S/C23H25NO6/c1-4-11-29-22(26)23(9-10-23)30-19-16(7-8-18(27-2)20(19)28-3)14-5-6-17-15(12-14)13-24-21(17)25/h5-8,12H,4,9-11,13H2,1-3H3,(H,24,25). The van der Waals surface area contributed by atoms with Crippen molar-refractivity contribution in [1.29, 1.82) is 0 Å². The lowest BCUT2D eigenvalue weighted by molar-refractivity contribution is -0.154. The van der Waals surface area contributed by atoms with Crippen LogP contribution in [0.3, 0.4) is 0 Å². The number of amides is 1. The molecule has 0 atom stereocenters. The van der Waals surface area contributed by atoms with E-state index >= 15 is 0 Å². The SMILES string of the molecule is CCCOC(=O)C1(Oc2c(-c3ccc4c(c3)CNC4=O)ccc(OC)c2OC)CC1. The first-order chi connectivity index (χ1) is 14.5. The highest BCUT2D eigenvalue weighted by atomic mass is 16.6. The van der Waals surface area contributed by atoms with E-state index in [9.17, 15) is 9.59 Å². The van der Waals surface area contributed by atoms with Crippen LogP contribution >= 0.6 is 0 Å². The molecule has 0 spiro atoms. The Morgan fingerprint density at radius 2 is 1.83 bits per heavy atom. The molecule has 0 aromatic heterocycles. The number of carbonyl (C=O) groups excluding carboxylic acids is 2. The number of rotatable bonds is 8. The molecular formula is C23H25NO6. The third kappa shape index (κ3) is 3.44. The van der Waals surface area contributed by atoms with Gasteiger partial charge in [0.15, 0.2) is 11.5 Å². The number of fused-ring (bicyclic) bond motifs is 1. The highest BCUT2D eigenvalue weighted by molar-refractivity contribution is 5.99. The number of methoxy groups -OCH3 is 2. The van der Waals surface area contributed by atoms with Crippen LogP contribution in [-0.2, 0) is 16.1 Å². The Labute approximate surface area is 175 Å². The summed E-state index contributed by atoms with van der Waals surface area (Å²) in [5.74, 6) is 0.922. The van der Waals surface area contributed by atoms with Crippen LogP contribution in [0.15, 0.2) is 30.3 Å². The first kappa shape index (κ1) is 20.1. The predicted molar refractivity (Wildman–Crippen MR) is 110 cm³/mol. The van der Waals surface area contributed by atoms with E-state index in [1.54, 1.807) is 19.2 Å². The minimum absolute atomic E-state index is 0.0732. The third-order valence-electron chi connectivity index (χ3n) is 5.41. The average molecular weight is 411 g/mol. The highest BCUT2D eigenvalue weighted by Crippen LogP contribution is 2.50. The van der Waals surface area contributed by atoms with Gasteiger partial charge in [-0.05, 0) is 41.8 Å². The molecule has 7 nitrogen and oxygen atoms in total. The molecule has 0 saturated heterocycles. The van der Waals surface area contributed by atoms with Gasteiger partial charge in [-0.15, -0.1) is 0 Å². The van der Waals surface area contributed by atoms with E-state index in [1.807, 2.05) is 25.1 Å². The van der Waals surface area contributed by atoms with Gasteiger partial charge in [0.1, 0.15) is 0 Å². The molecule has 1 heterocycles. The van der Waals surface area contributed by atoms with Crippen LogP contribution in [0.4, 0.5) is 0 Å². The van der Waals surface area contributed by atoms with Gasteiger partial charge in [-0.3, -0.25) is 4.79 Å². The Morgan fingerprint density at radius 3 is 2.50 bits per heavy atom. The van der Waals surface area contributed by atoms with Gasteiger partial charge in [0.25, 0.3) is 5.91 Å². The zero-order valence-electron chi connectivity index (χ0n) is 17.4. The minimum atomic E-state index is -1.00. The zero-order chi connectivity index (χ0) is 21.3. The number of esters is 1. The summed E-state index contributed by atoms with van der Waals surface area (Å²) in [4.78, 5) is 24.5. The predicted octanol–water partition coefficient (Wildman–Crippen LogP) is 3.48. The summed E-state index contributed by atoms with van der Waals surface area (Å²) < 4.78 is 22.7. The molecule has 7 heteroatoms. The molecule has 1 amide bonds. The number of benzene rings is 2. The van der Waals surface area contributed by atoms with Gasteiger partial charge in [-0.1, -0.05) is 13.0 Å². The zero-order valence-corrected chi connectivity index (χ0v) is 17.4. The summed E-state index contributed by atoms with van der Waals surface area (Å²) in [6.07, 6.45) is 1.91. The van der Waals surface area contributed by atoms with Crippen LogP contribution in [0.2, 0.25) is 0 Å². The van der Waals surface area contributed by atoms with E-state index in [4.69, 9.17) is 18.9 Å². The second-order valence-corrected chi connectivity index (χ2v) is 7.46. The first-order valence-electron chi connectivity index (χ1n) is 10.1. The van der Waals surface area contributed by atoms with Gasteiger partial charge < -0.3 is 24.3 Å². The Hall–Kier alpha value is -3.22. The van der Waals surface area contributed by atoms with Gasteiger partial charge in [0.05, 0.1) is 20.8 Å². The molecule has 4 rings (SSSR count). The molecule has 2 aliphatic rings. The second-order valence-electron chi connectivity index (χ2n) is 7.46.